The number of esters is 2. The van der Waals surface area contributed by atoms with Gasteiger partial charge in [-0.3, -0.25) is 9.59 Å². The van der Waals surface area contributed by atoms with Gasteiger partial charge in [0.15, 0.2) is 6.10 Å². The van der Waals surface area contributed by atoms with Gasteiger partial charge in [0.25, 0.3) is 0 Å². The molecule has 5 nitrogen and oxygen atoms in total. The predicted octanol–water partition coefficient (Wildman–Crippen LogP) is 21.4. The molecule has 0 radical (unpaired) electrons. The molecular formula is C66H120O5. The third-order valence-corrected chi connectivity index (χ3v) is 14.1. The van der Waals surface area contributed by atoms with Crippen molar-refractivity contribution in [3.05, 3.63) is 60.8 Å². The first-order chi connectivity index (χ1) is 35.1. The van der Waals surface area contributed by atoms with E-state index in [1.165, 1.54) is 238 Å². The van der Waals surface area contributed by atoms with Crippen LogP contribution in [0.4, 0.5) is 0 Å². The standard InChI is InChI=1S/C66H120O5/c1-3-5-7-9-11-13-15-17-19-21-23-25-27-29-31-32-33-34-35-37-39-41-43-45-47-49-51-53-55-57-59-61-66(69)71-64(62-67)63-70-65(68)60-58-56-54-52-50-48-46-44-42-40-38-36-30-28-26-24-22-20-18-16-14-12-10-8-6-4-2/h5,7,11,13,17,19,23,25,29,31,64,67H,3-4,6,8-10,12,14-16,18,20-22,24,26-28,30,32-63H2,1-2H3/b7-5-,13-11-,19-17-,25-23-,31-29-. The van der Waals surface area contributed by atoms with Gasteiger partial charge in [-0.15, -0.1) is 0 Å². The van der Waals surface area contributed by atoms with Gasteiger partial charge in [-0.2, -0.15) is 0 Å². The number of carbonyl (C=O) groups excluding carboxylic acids is 2. The van der Waals surface area contributed by atoms with E-state index in [0.29, 0.717) is 12.8 Å². The van der Waals surface area contributed by atoms with Crippen molar-refractivity contribution in [3.8, 4) is 0 Å². The summed E-state index contributed by atoms with van der Waals surface area (Å²) in [7, 11) is 0. The smallest absolute Gasteiger partial charge is 0.306 e. The second-order valence-corrected chi connectivity index (χ2v) is 21.1. The van der Waals surface area contributed by atoms with E-state index < -0.39 is 6.10 Å². The third-order valence-electron chi connectivity index (χ3n) is 14.1. The lowest BCUT2D eigenvalue weighted by Gasteiger charge is -2.15. The maximum absolute atomic E-state index is 12.3. The highest BCUT2D eigenvalue weighted by molar-refractivity contribution is 5.70. The first kappa shape index (κ1) is 68.6. The molecule has 1 N–H and O–H groups in total. The van der Waals surface area contributed by atoms with Gasteiger partial charge >= 0.3 is 11.9 Å². The largest absolute Gasteiger partial charge is 0.462 e. The van der Waals surface area contributed by atoms with E-state index in [0.717, 1.165) is 64.2 Å². The van der Waals surface area contributed by atoms with E-state index >= 15 is 0 Å². The summed E-state index contributed by atoms with van der Waals surface area (Å²) in [5.74, 6) is -0.573. The minimum Gasteiger partial charge on any atom is -0.462 e. The lowest BCUT2D eigenvalue weighted by atomic mass is 10.0. The van der Waals surface area contributed by atoms with Crippen LogP contribution in [0.2, 0.25) is 0 Å². The van der Waals surface area contributed by atoms with E-state index in [2.05, 4.69) is 74.6 Å². The summed E-state index contributed by atoms with van der Waals surface area (Å²) in [5, 5.41) is 9.68. The lowest BCUT2D eigenvalue weighted by molar-refractivity contribution is -0.161. The summed E-state index contributed by atoms with van der Waals surface area (Å²) < 4.78 is 10.7. The zero-order chi connectivity index (χ0) is 51.3. The normalized spacial score (nSPS) is 12.5. The van der Waals surface area contributed by atoms with Gasteiger partial charge in [-0.1, -0.05) is 319 Å². The van der Waals surface area contributed by atoms with Crippen molar-refractivity contribution in [3.63, 3.8) is 0 Å². The number of hydrogen-bond acceptors (Lipinski definition) is 5. The number of aliphatic hydroxyl groups excluding tert-OH is 1. The van der Waals surface area contributed by atoms with Gasteiger partial charge in [-0.05, 0) is 57.8 Å². The van der Waals surface area contributed by atoms with Gasteiger partial charge in [0.2, 0.25) is 0 Å². The maximum atomic E-state index is 12.3. The van der Waals surface area contributed by atoms with Crippen molar-refractivity contribution in [2.75, 3.05) is 13.2 Å². The second-order valence-electron chi connectivity index (χ2n) is 21.1. The van der Waals surface area contributed by atoms with Crippen LogP contribution in [0.25, 0.3) is 0 Å². The molecule has 0 bridgehead atoms. The van der Waals surface area contributed by atoms with Crippen LogP contribution >= 0.6 is 0 Å². The van der Waals surface area contributed by atoms with Crippen LogP contribution in [0.15, 0.2) is 60.8 Å². The van der Waals surface area contributed by atoms with Crippen LogP contribution in [0.3, 0.4) is 0 Å². The van der Waals surface area contributed by atoms with Crippen molar-refractivity contribution in [2.24, 2.45) is 0 Å². The van der Waals surface area contributed by atoms with Crippen LogP contribution in [-0.4, -0.2) is 36.4 Å². The van der Waals surface area contributed by atoms with Crippen LogP contribution < -0.4 is 0 Å². The van der Waals surface area contributed by atoms with Crippen LogP contribution in [-0.2, 0) is 19.1 Å². The molecule has 414 valence electrons. The molecule has 0 heterocycles. The monoisotopic (exact) mass is 993 g/mol. The summed E-state index contributed by atoms with van der Waals surface area (Å²) in [5.41, 5.74) is 0. The molecule has 0 aliphatic carbocycles. The quantitative estimate of drug-likeness (QED) is 0.0373. The Morgan fingerprint density at radius 2 is 0.606 bits per heavy atom. The number of ether oxygens (including phenoxy) is 2. The number of allylic oxidation sites excluding steroid dienone is 10. The fourth-order valence-electron chi connectivity index (χ4n) is 9.41. The molecule has 0 aromatic rings. The molecule has 0 aliphatic rings. The Morgan fingerprint density at radius 3 is 0.915 bits per heavy atom. The average molecular weight is 994 g/mol. The van der Waals surface area contributed by atoms with Crippen LogP contribution in [0, 0.1) is 0 Å². The predicted molar refractivity (Wildman–Crippen MR) is 311 cm³/mol. The molecule has 5 heteroatoms. The Kier molecular flexibility index (Phi) is 59.8. The van der Waals surface area contributed by atoms with E-state index in [-0.39, 0.29) is 25.2 Å². The maximum Gasteiger partial charge on any atom is 0.306 e. The molecular weight excluding hydrogens is 873 g/mol. The van der Waals surface area contributed by atoms with E-state index in [4.69, 9.17) is 9.47 Å². The summed E-state index contributed by atoms with van der Waals surface area (Å²) in [6.45, 7) is 4.08. The minimum atomic E-state index is -0.772. The molecule has 0 aromatic carbocycles. The second kappa shape index (κ2) is 61.9. The molecule has 0 aromatic heterocycles. The Bertz CT molecular complexity index is 1210. The van der Waals surface area contributed by atoms with Gasteiger partial charge < -0.3 is 14.6 Å². The van der Waals surface area contributed by atoms with Crippen LogP contribution in [0.5, 0.6) is 0 Å². The van der Waals surface area contributed by atoms with E-state index in [1.807, 2.05) is 0 Å². The third kappa shape index (κ3) is 60.1. The molecule has 0 rings (SSSR count). The van der Waals surface area contributed by atoms with E-state index in [1.54, 1.807) is 0 Å². The number of aliphatic hydroxyl groups is 1. The highest BCUT2D eigenvalue weighted by Gasteiger charge is 2.16. The zero-order valence-electron chi connectivity index (χ0n) is 47.5. The molecule has 0 saturated carbocycles. The molecule has 0 spiro atoms. The Hall–Kier alpha value is -2.40. The highest BCUT2D eigenvalue weighted by atomic mass is 16.6. The molecule has 0 fully saturated rings. The molecule has 71 heavy (non-hydrogen) atoms. The topological polar surface area (TPSA) is 72.8 Å². The Labute approximate surface area is 442 Å². The van der Waals surface area contributed by atoms with Gasteiger partial charge in [0.1, 0.15) is 6.61 Å². The summed E-state index contributed by atoms with van der Waals surface area (Å²) >= 11 is 0. The zero-order valence-corrected chi connectivity index (χ0v) is 47.5. The summed E-state index contributed by atoms with van der Waals surface area (Å²) in [6.07, 6.45) is 83.7. The number of unbranched alkanes of at least 4 members (excludes halogenated alkanes) is 40. The fraction of sp³-hybridized carbons (Fsp3) is 0.818. The minimum absolute atomic E-state index is 0.0620. The summed E-state index contributed by atoms with van der Waals surface area (Å²) in [4.78, 5) is 24.6. The van der Waals surface area contributed by atoms with Crippen molar-refractivity contribution < 1.29 is 24.2 Å². The molecule has 1 unspecified atom stereocenters. The molecule has 0 saturated heterocycles. The first-order valence-electron chi connectivity index (χ1n) is 31.3. The number of hydrogen-bond donors (Lipinski definition) is 1. The average Bonchev–Trinajstić information content (AvgIpc) is 3.37. The van der Waals surface area contributed by atoms with Crippen LogP contribution in [0.1, 0.15) is 328 Å². The van der Waals surface area contributed by atoms with Crippen molar-refractivity contribution in [2.45, 2.75) is 335 Å². The Balaban J connectivity index is 3.43. The number of rotatable bonds is 58. The molecule has 0 aliphatic heterocycles. The van der Waals surface area contributed by atoms with Gasteiger partial charge in [-0.25, -0.2) is 0 Å². The van der Waals surface area contributed by atoms with Crippen molar-refractivity contribution in [1.29, 1.82) is 0 Å². The number of carbonyl (C=O) groups is 2. The first-order valence-corrected chi connectivity index (χ1v) is 31.3. The Morgan fingerprint density at radius 1 is 0.338 bits per heavy atom. The lowest BCUT2D eigenvalue weighted by Crippen LogP contribution is -2.28. The van der Waals surface area contributed by atoms with Gasteiger partial charge in [0.05, 0.1) is 6.61 Å². The van der Waals surface area contributed by atoms with Crippen molar-refractivity contribution in [1.82, 2.24) is 0 Å². The van der Waals surface area contributed by atoms with E-state index in [9.17, 15) is 14.7 Å². The fourth-order valence-corrected chi connectivity index (χ4v) is 9.41. The summed E-state index contributed by atoms with van der Waals surface area (Å²) in [6, 6.07) is 0. The van der Waals surface area contributed by atoms with Gasteiger partial charge in [0, 0.05) is 12.8 Å². The molecule has 1 atom stereocenters. The highest BCUT2D eigenvalue weighted by Crippen LogP contribution is 2.18. The van der Waals surface area contributed by atoms with Crippen molar-refractivity contribution >= 4 is 11.9 Å². The molecule has 0 amide bonds. The SMILES string of the molecule is CC/C=C\C/C=C\C/C=C\C/C=C\C/C=C\CCCCCCCCCCCCCCCCCC(=O)OC(CO)COC(=O)CCCCCCCCCCCCCCCCCCCCCCCCCCCC.